The molecule has 1 N–H and O–H groups in total. The predicted octanol–water partition coefficient (Wildman–Crippen LogP) is 2.78. The molecule has 1 fully saturated rings. The Bertz CT molecular complexity index is 1280. The molecule has 0 aliphatic carbocycles. The fourth-order valence-corrected chi connectivity index (χ4v) is 3.58. The van der Waals surface area contributed by atoms with Gasteiger partial charge in [0.1, 0.15) is 5.69 Å². The second kappa shape index (κ2) is 9.84. The van der Waals surface area contributed by atoms with Crippen molar-refractivity contribution in [3.8, 4) is 11.4 Å². The van der Waals surface area contributed by atoms with E-state index >= 15 is 0 Å². The molecule has 37 heavy (non-hydrogen) atoms. The number of hydrogen-bond donors (Lipinski definition) is 1. The largest absolute Gasteiger partial charge is 0.471 e. The van der Waals surface area contributed by atoms with E-state index in [0.717, 1.165) is 4.68 Å². The van der Waals surface area contributed by atoms with E-state index in [9.17, 15) is 35.9 Å². The topological polar surface area (TPSA) is 115 Å². The smallest absolute Gasteiger partial charge is 0.377 e. The molecule has 0 unspecified atom stereocenters. The Morgan fingerprint density at radius 3 is 2.41 bits per heavy atom. The Morgan fingerprint density at radius 1 is 1.11 bits per heavy atom. The summed E-state index contributed by atoms with van der Waals surface area (Å²) in [7, 11) is 1.22. The summed E-state index contributed by atoms with van der Waals surface area (Å²) in [6, 6.07) is 5.33. The average Bonchev–Trinajstić information content (AvgIpc) is 3.50. The molecule has 0 saturated carbocycles. The second-order valence-corrected chi connectivity index (χ2v) is 7.97. The molecule has 0 spiro atoms. The van der Waals surface area contributed by atoms with Crippen LogP contribution in [0.15, 0.2) is 34.9 Å². The number of carbonyl (C=O) groups excluding carboxylic acids is 2. The third-order valence-corrected chi connectivity index (χ3v) is 5.45. The number of hydrogen-bond acceptors (Lipinski definition) is 7. The first-order chi connectivity index (χ1) is 17.3. The number of carbonyl (C=O) groups is 2. The summed E-state index contributed by atoms with van der Waals surface area (Å²) in [6.45, 7) is 0.212. The molecule has 0 bridgehead atoms. The third-order valence-electron chi connectivity index (χ3n) is 5.45. The van der Waals surface area contributed by atoms with E-state index in [0.29, 0.717) is 6.07 Å². The molecule has 1 aliphatic rings. The molecule has 1 aromatic carbocycles. The maximum Gasteiger partial charge on any atom is 0.471 e. The van der Waals surface area contributed by atoms with Crippen LogP contribution in [0.3, 0.4) is 0 Å². The summed E-state index contributed by atoms with van der Waals surface area (Å²) >= 11 is 0. The Labute approximate surface area is 204 Å². The van der Waals surface area contributed by atoms with E-state index in [-0.39, 0.29) is 48.9 Å². The molecule has 198 valence electrons. The van der Waals surface area contributed by atoms with Crippen molar-refractivity contribution in [3.63, 3.8) is 0 Å². The number of nitrogens with zero attached hydrogens (tertiary/aromatic N) is 5. The second-order valence-electron chi connectivity index (χ2n) is 7.97. The molecule has 1 aliphatic heterocycles. The fourth-order valence-electron chi connectivity index (χ4n) is 3.58. The van der Waals surface area contributed by atoms with Crippen molar-refractivity contribution in [2.75, 3.05) is 26.3 Å². The number of benzene rings is 1. The predicted molar refractivity (Wildman–Crippen MR) is 111 cm³/mol. The summed E-state index contributed by atoms with van der Waals surface area (Å²) in [6.07, 6.45) is -9.50. The quantitative estimate of drug-likeness (QED) is 0.503. The van der Waals surface area contributed by atoms with Gasteiger partial charge < -0.3 is 19.5 Å². The maximum absolute atomic E-state index is 13.0. The van der Waals surface area contributed by atoms with E-state index in [2.05, 4.69) is 25.1 Å². The zero-order valence-electron chi connectivity index (χ0n) is 18.9. The minimum atomic E-state index is -4.79. The third kappa shape index (κ3) is 5.73. The van der Waals surface area contributed by atoms with Gasteiger partial charge in [-0.2, -0.15) is 36.4 Å². The molecular formula is C21H18F6N6O4. The van der Waals surface area contributed by atoms with Gasteiger partial charge in [-0.1, -0.05) is 17.3 Å². The maximum atomic E-state index is 13.0. The number of nitrogens with one attached hydrogen (secondary N) is 1. The number of alkyl halides is 6. The van der Waals surface area contributed by atoms with Crippen molar-refractivity contribution in [3.05, 3.63) is 53.2 Å². The van der Waals surface area contributed by atoms with Crippen LogP contribution in [0, 0.1) is 0 Å². The lowest BCUT2D eigenvalue weighted by molar-refractivity contribution is -0.159. The summed E-state index contributed by atoms with van der Waals surface area (Å²) < 4.78 is 87.2. The van der Waals surface area contributed by atoms with Gasteiger partial charge in [-0.25, -0.2) is 0 Å². The Hall–Kier alpha value is -3.95. The van der Waals surface area contributed by atoms with Crippen molar-refractivity contribution in [2.24, 2.45) is 7.05 Å². The van der Waals surface area contributed by atoms with Gasteiger partial charge in [0.2, 0.25) is 5.82 Å². The molecule has 3 heterocycles. The van der Waals surface area contributed by atoms with E-state index in [4.69, 9.17) is 4.74 Å². The molecule has 2 aromatic heterocycles. The van der Waals surface area contributed by atoms with E-state index in [1.165, 1.54) is 36.2 Å². The molecular weight excluding hydrogens is 514 g/mol. The van der Waals surface area contributed by atoms with Gasteiger partial charge in [-0.05, 0) is 12.1 Å². The number of morpholine rings is 1. The van der Waals surface area contributed by atoms with Gasteiger partial charge in [0, 0.05) is 37.3 Å². The fraction of sp³-hybridized carbons (Fsp3) is 0.381. The van der Waals surface area contributed by atoms with Crippen LogP contribution in [0.1, 0.15) is 32.4 Å². The molecule has 1 atom stereocenters. The normalized spacial score (nSPS) is 16.6. The highest BCUT2D eigenvalue weighted by Gasteiger charge is 2.39. The number of ether oxygens (including phenoxy) is 1. The van der Waals surface area contributed by atoms with Crippen LogP contribution < -0.4 is 5.32 Å². The summed E-state index contributed by atoms with van der Waals surface area (Å²) in [5.74, 6) is -3.07. The van der Waals surface area contributed by atoms with E-state index in [1.807, 2.05) is 0 Å². The average molecular weight is 532 g/mol. The van der Waals surface area contributed by atoms with Gasteiger partial charge in [0.05, 0.1) is 19.3 Å². The van der Waals surface area contributed by atoms with Crippen LogP contribution in [0.5, 0.6) is 0 Å². The van der Waals surface area contributed by atoms with Gasteiger partial charge in [-0.15, -0.1) is 0 Å². The standard InChI is InChI=1S/C21H18F6N6O4/c1-32-14(8-15(30-32)20(22,23)24)18(35)33-6-7-36-10-13(33)9-28-17(34)12-4-2-11(3-5-12)16-29-19(37-31-16)21(25,26)27/h2-5,8,13H,6-7,9-10H2,1H3,(H,28,34)/t13-/m0/s1. The molecule has 0 radical (unpaired) electrons. The Balaban J connectivity index is 1.41. The van der Waals surface area contributed by atoms with Gasteiger partial charge in [-0.3, -0.25) is 14.3 Å². The SMILES string of the molecule is Cn1nc(C(F)(F)F)cc1C(=O)N1CCOC[C@@H]1CNC(=O)c1ccc(-c2noc(C(F)(F)F)n2)cc1. The molecule has 3 aromatic rings. The number of amides is 2. The number of halogens is 6. The monoisotopic (exact) mass is 532 g/mol. The summed E-state index contributed by atoms with van der Waals surface area (Å²) in [4.78, 5) is 30.1. The highest BCUT2D eigenvalue weighted by Crippen LogP contribution is 2.30. The highest BCUT2D eigenvalue weighted by molar-refractivity contribution is 5.95. The van der Waals surface area contributed by atoms with Crippen LogP contribution >= 0.6 is 0 Å². The minimum Gasteiger partial charge on any atom is -0.377 e. The van der Waals surface area contributed by atoms with Crippen molar-refractivity contribution in [1.82, 2.24) is 30.1 Å². The molecule has 4 rings (SSSR count). The van der Waals surface area contributed by atoms with Crippen molar-refractivity contribution < 1.29 is 45.2 Å². The Morgan fingerprint density at radius 2 is 1.81 bits per heavy atom. The summed E-state index contributed by atoms with van der Waals surface area (Å²) in [5.41, 5.74) is -1.13. The molecule has 16 heteroatoms. The van der Waals surface area contributed by atoms with E-state index < -0.39 is 41.8 Å². The van der Waals surface area contributed by atoms with Gasteiger partial charge >= 0.3 is 18.2 Å². The lowest BCUT2D eigenvalue weighted by Gasteiger charge is -2.35. The van der Waals surface area contributed by atoms with Crippen LogP contribution in [-0.2, 0) is 24.1 Å². The number of rotatable bonds is 5. The van der Waals surface area contributed by atoms with Crippen LogP contribution in [0.2, 0.25) is 0 Å². The first-order valence-electron chi connectivity index (χ1n) is 10.6. The highest BCUT2D eigenvalue weighted by atomic mass is 19.4. The molecule has 2 amide bonds. The van der Waals surface area contributed by atoms with Crippen LogP contribution in [0.25, 0.3) is 11.4 Å². The van der Waals surface area contributed by atoms with Crippen molar-refractivity contribution in [2.45, 2.75) is 18.4 Å². The minimum absolute atomic E-state index is 0.0360. The van der Waals surface area contributed by atoms with Crippen molar-refractivity contribution >= 4 is 11.8 Å². The lowest BCUT2D eigenvalue weighted by Crippen LogP contribution is -2.53. The lowest BCUT2D eigenvalue weighted by atomic mass is 10.1. The van der Waals surface area contributed by atoms with Crippen molar-refractivity contribution in [1.29, 1.82) is 0 Å². The van der Waals surface area contributed by atoms with E-state index in [1.54, 1.807) is 0 Å². The zero-order chi connectivity index (χ0) is 27.0. The molecule has 1 saturated heterocycles. The number of aryl methyl sites for hydroxylation is 1. The zero-order valence-corrected chi connectivity index (χ0v) is 18.9. The summed E-state index contributed by atoms with van der Waals surface area (Å²) in [5, 5.41) is 9.24. The molecule has 10 nitrogen and oxygen atoms in total. The number of aromatic nitrogens is 4. The van der Waals surface area contributed by atoms with Crippen LogP contribution in [0.4, 0.5) is 26.3 Å². The van der Waals surface area contributed by atoms with Gasteiger partial charge in [0.15, 0.2) is 5.69 Å². The first kappa shape index (κ1) is 26.1. The van der Waals surface area contributed by atoms with Crippen LogP contribution in [-0.4, -0.2) is 69.0 Å². The van der Waals surface area contributed by atoms with Gasteiger partial charge in [0.25, 0.3) is 11.8 Å². The first-order valence-corrected chi connectivity index (χ1v) is 10.6. The Kier molecular flexibility index (Phi) is 6.94.